The highest BCUT2D eigenvalue weighted by Crippen LogP contribution is 2.23. The van der Waals surface area contributed by atoms with Gasteiger partial charge in [-0.05, 0) is 83.4 Å². The summed E-state index contributed by atoms with van der Waals surface area (Å²) in [4.78, 5) is 22.0. The predicted octanol–water partition coefficient (Wildman–Crippen LogP) is 5.65. The smallest absolute Gasteiger partial charge is 0.374 e. The van der Waals surface area contributed by atoms with Gasteiger partial charge in [0.15, 0.2) is 0 Å². The topological polar surface area (TPSA) is 82.1 Å². The molecular formula is C29H23BO6. The Morgan fingerprint density at radius 2 is 1.22 bits per heavy atom. The van der Waals surface area contributed by atoms with Crippen LogP contribution in [0, 0.1) is 0 Å². The van der Waals surface area contributed by atoms with E-state index >= 15 is 0 Å². The average molecular weight is 478 g/mol. The summed E-state index contributed by atoms with van der Waals surface area (Å²) in [6.07, 6.45) is 3.84. The van der Waals surface area contributed by atoms with Gasteiger partial charge in [-0.2, -0.15) is 0 Å². The van der Waals surface area contributed by atoms with Crippen LogP contribution in [0.15, 0.2) is 103 Å². The molecule has 0 unspecified atom stereocenters. The van der Waals surface area contributed by atoms with Crippen LogP contribution in [0.2, 0.25) is 0 Å². The van der Waals surface area contributed by atoms with Gasteiger partial charge in [-0.1, -0.05) is 36.4 Å². The monoisotopic (exact) mass is 478 g/mol. The van der Waals surface area contributed by atoms with Crippen molar-refractivity contribution >= 4 is 26.4 Å². The van der Waals surface area contributed by atoms with E-state index in [0.29, 0.717) is 22.8 Å². The Morgan fingerprint density at radius 3 is 1.75 bits per heavy atom. The summed E-state index contributed by atoms with van der Waals surface area (Å²) in [5, 5.41) is 8.74. The van der Waals surface area contributed by atoms with Crippen molar-refractivity contribution in [2.45, 2.75) is 0 Å². The van der Waals surface area contributed by atoms with Crippen molar-refractivity contribution in [1.29, 1.82) is 0 Å². The number of rotatable bonds is 7. The summed E-state index contributed by atoms with van der Waals surface area (Å²) < 4.78 is 15.0. The zero-order valence-electron chi connectivity index (χ0n) is 19.5. The molecule has 0 aliphatic rings. The van der Waals surface area contributed by atoms with Crippen LogP contribution >= 0.6 is 0 Å². The molecule has 2 radical (unpaired) electrons. The van der Waals surface area contributed by atoms with Gasteiger partial charge in [0, 0.05) is 11.6 Å². The molecule has 1 N–H and O–H groups in total. The average Bonchev–Trinajstić information content (AvgIpc) is 2.93. The molecule has 4 rings (SSSR count). The van der Waals surface area contributed by atoms with Gasteiger partial charge in [-0.15, -0.1) is 0 Å². The molecule has 4 aromatic rings. The standard InChI is InChI=1S/C22H17BO4.C7H6O2/c1-25-19-11-13-20(14-12-19)26-22(24)15-4-16-2-5-17(6-3-16)18-7-9-21(27-23)10-8-18;8-5-6-1-3-7(9)4-2-6/h2-15H,1H3;1-5,9H/b15-4+;. The number of carbonyl (C=O) groups is 2. The van der Waals surface area contributed by atoms with E-state index in [4.69, 9.17) is 22.6 Å². The summed E-state index contributed by atoms with van der Waals surface area (Å²) in [5.41, 5.74) is 3.57. The van der Waals surface area contributed by atoms with E-state index in [1.807, 2.05) is 36.4 Å². The van der Waals surface area contributed by atoms with E-state index in [2.05, 4.69) is 4.65 Å². The molecule has 0 aliphatic carbocycles. The van der Waals surface area contributed by atoms with Gasteiger partial charge in [-0.25, -0.2) is 4.79 Å². The van der Waals surface area contributed by atoms with Crippen molar-refractivity contribution < 1.29 is 28.8 Å². The third-order valence-electron chi connectivity index (χ3n) is 4.95. The minimum Gasteiger partial charge on any atom is -0.568 e. The number of carbonyl (C=O) groups excluding carboxylic acids is 2. The van der Waals surface area contributed by atoms with Gasteiger partial charge in [0.25, 0.3) is 0 Å². The van der Waals surface area contributed by atoms with Crippen LogP contribution in [0.3, 0.4) is 0 Å². The molecule has 4 aromatic carbocycles. The van der Waals surface area contributed by atoms with E-state index in [9.17, 15) is 9.59 Å². The van der Waals surface area contributed by atoms with Crippen molar-refractivity contribution in [3.8, 4) is 34.1 Å². The number of hydrogen-bond donors (Lipinski definition) is 1. The number of hydrogen-bond acceptors (Lipinski definition) is 6. The third-order valence-corrected chi connectivity index (χ3v) is 4.95. The maximum atomic E-state index is 11.9. The van der Waals surface area contributed by atoms with Gasteiger partial charge < -0.3 is 19.2 Å². The third kappa shape index (κ3) is 7.92. The van der Waals surface area contributed by atoms with Gasteiger partial charge in [-0.3, -0.25) is 4.79 Å². The van der Waals surface area contributed by atoms with Gasteiger partial charge in [0.2, 0.25) is 0 Å². The lowest BCUT2D eigenvalue weighted by Crippen LogP contribution is -2.03. The van der Waals surface area contributed by atoms with Crippen LogP contribution in [0.25, 0.3) is 17.2 Å². The zero-order chi connectivity index (χ0) is 25.8. The van der Waals surface area contributed by atoms with Crippen LogP contribution < -0.4 is 14.1 Å². The van der Waals surface area contributed by atoms with E-state index in [1.54, 1.807) is 61.7 Å². The predicted molar refractivity (Wildman–Crippen MR) is 139 cm³/mol. The number of phenols is 1. The number of esters is 1. The first-order valence-corrected chi connectivity index (χ1v) is 10.9. The molecule has 0 saturated carbocycles. The van der Waals surface area contributed by atoms with Crippen LogP contribution in [-0.4, -0.2) is 32.5 Å². The number of methoxy groups -OCH3 is 1. The van der Waals surface area contributed by atoms with Crippen molar-refractivity contribution in [1.82, 2.24) is 0 Å². The van der Waals surface area contributed by atoms with Crippen LogP contribution in [0.5, 0.6) is 23.0 Å². The first kappa shape index (κ1) is 25.8. The SMILES string of the molecule is O=Cc1ccc(O)cc1.[B]Oc1ccc(-c2ccc(/C=C/C(=O)Oc3ccc(OC)cc3)cc2)cc1. The highest BCUT2D eigenvalue weighted by atomic mass is 16.5. The lowest BCUT2D eigenvalue weighted by atomic mass is 10.0. The second-order valence-corrected chi connectivity index (χ2v) is 7.40. The molecule has 0 atom stereocenters. The molecule has 0 amide bonds. The highest BCUT2D eigenvalue weighted by Gasteiger charge is 2.02. The molecule has 178 valence electrons. The van der Waals surface area contributed by atoms with Crippen molar-refractivity contribution in [2.24, 2.45) is 0 Å². The van der Waals surface area contributed by atoms with Gasteiger partial charge >= 0.3 is 14.0 Å². The molecule has 0 saturated heterocycles. The minimum absolute atomic E-state index is 0.181. The second-order valence-electron chi connectivity index (χ2n) is 7.40. The fourth-order valence-corrected chi connectivity index (χ4v) is 3.02. The normalized spacial score (nSPS) is 10.1. The second kappa shape index (κ2) is 13.2. The van der Waals surface area contributed by atoms with Crippen molar-refractivity contribution in [3.05, 3.63) is 114 Å². The van der Waals surface area contributed by atoms with Crippen LogP contribution in [0.1, 0.15) is 15.9 Å². The molecule has 0 heterocycles. The Hall–Kier alpha value is -4.78. The Labute approximate surface area is 210 Å². The van der Waals surface area contributed by atoms with E-state index in [0.717, 1.165) is 23.0 Å². The maximum absolute atomic E-state index is 11.9. The Morgan fingerprint density at radius 1 is 0.722 bits per heavy atom. The Kier molecular flexibility index (Phi) is 9.47. The number of benzene rings is 4. The Balaban J connectivity index is 0.000000338. The summed E-state index contributed by atoms with van der Waals surface area (Å²) in [6.45, 7) is 0. The molecule has 0 aromatic heterocycles. The van der Waals surface area contributed by atoms with Gasteiger partial charge in [0.1, 0.15) is 23.5 Å². The molecule has 0 aliphatic heterocycles. The number of aromatic hydroxyl groups is 1. The molecule has 0 bridgehead atoms. The summed E-state index contributed by atoms with van der Waals surface area (Å²) in [7, 11) is 6.71. The van der Waals surface area contributed by atoms with Crippen LogP contribution in [0.4, 0.5) is 0 Å². The first-order valence-electron chi connectivity index (χ1n) is 10.9. The maximum Gasteiger partial charge on any atom is 0.374 e. The fourth-order valence-electron chi connectivity index (χ4n) is 3.02. The molecule has 0 fully saturated rings. The Bertz CT molecular complexity index is 1280. The lowest BCUT2D eigenvalue weighted by Gasteiger charge is -2.05. The zero-order valence-corrected chi connectivity index (χ0v) is 19.5. The molecule has 0 spiro atoms. The largest absolute Gasteiger partial charge is 0.568 e. The van der Waals surface area contributed by atoms with Crippen LogP contribution in [-0.2, 0) is 4.79 Å². The van der Waals surface area contributed by atoms with E-state index in [-0.39, 0.29) is 5.75 Å². The lowest BCUT2D eigenvalue weighted by molar-refractivity contribution is -0.128. The van der Waals surface area contributed by atoms with Crippen molar-refractivity contribution in [3.63, 3.8) is 0 Å². The fraction of sp³-hybridized carbons (Fsp3) is 0.0345. The van der Waals surface area contributed by atoms with E-state index < -0.39 is 5.97 Å². The molecular weight excluding hydrogens is 455 g/mol. The minimum atomic E-state index is -0.443. The first-order chi connectivity index (χ1) is 17.5. The summed E-state index contributed by atoms with van der Waals surface area (Å²) >= 11 is 0. The number of aldehydes is 1. The molecule has 36 heavy (non-hydrogen) atoms. The number of phenolic OH excluding ortho intramolecular Hbond substituents is 1. The number of ether oxygens (including phenoxy) is 2. The summed E-state index contributed by atoms with van der Waals surface area (Å²) in [5.74, 6) is 1.51. The van der Waals surface area contributed by atoms with Crippen molar-refractivity contribution in [2.75, 3.05) is 7.11 Å². The van der Waals surface area contributed by atoms with Gasteiger partial charge in [0.05, 0.1) is 12.9 Å². The molecule has 7 heteroatoms. The summed E-state index contributed by atoms with van der Waals surface area (Å²) in [6, 6.07) is 28.2. The highest BCUT2D eigenvalue weighted by molar-refractivity contribution is 6.00. The van der Waals surface area contributed by atoms with E-state index in [1.165, 1.54) is 18.2 Å². The molecule has 6 nitrogen and oxygen atoms in total. The quantitative estimate of drug-likeness (QED) is 0.122.